The molecule has 2 heterocycles. The second-order valence-corrected chi connectivity index (χ2v) is 2.78. The molecule has 50 valence electrons. The zero-order valence-electron chi connectivity index (χ0n) is 5.11. The Hall–Kier alpha value is -1.16. The number of nitrogen functional groups attached to an aromatic ring is 1. The minimum Gasteiger partial charge on any atom is -0.382 e. The molecule has 0 aliphatic carbocycles. The maximum absolute atomic E-state index is 5.53. The second-order valence-electron chi connectivity index (χ2n) is 1.90. The van der Waals surface area contributed by atoms with Crippen LogP contribution in [0.15, 0.2) is 17.8 Å². The van der Waals surface area contributed by atoms with Crippen LogP contribution in [0.3, 0.4) is 0 Å². The van der Waals surface area contributed by atoms with E-state index in [-0.39, 0.29) is 0 Å². The fraction of sp³-hybridized carbons (Fsp3) is 0. The number of anilines is 1. The molecule has 0 saturated heterocycles. The Kier molecular flexibility index (Phi) is 1.07. The van der Waals surface area contributed by atoms with Crippen LogP contribution in [0.5, 0.6) is 0 Å². The van der Waals surface area contributed by atoms with Crippen LogP contribution in [0.1, 0.15) is 0 Å². The van der Waals surface area contributed by atoms with E-state index >= 15 is 0 Å². The van der Waals surface area contributed by atoms with Gasteiger partial charge in [0.05, 0.1) is 10.2 Å². The fourth-order valence-electron chi connectivity index (χ4n) is 0.812. The minimum absolute atomic E-state index is 0.513. The molecule has 0 amide bonds. The van der Waals surface area contributed by atoms with Crippen molar-refractivity contribution >= 4 is 27.4 Å². The van der Waals surface area contributed by atoms with Crippen molar-refractivity contribution in [3.63, 3.8) is 0 Å². The standard InChI is InChI=1S/C6H5N3S/c7-6-5-4(1-2-8-6)10-3-9-5/h1-3H,(H2,7,8). The van der Waals surface area contributed by atoms with Crippen molar-refractivity contribution in [2.24, 2.45) is 0 Å². The number of nitrogens with zero attached hydrogens (tertiary/aromatic N) is 2. The highest BCUT2D eigenvalue weighted by molar-refractivity contribution is 7.16. The van der Waals surface area contributed by atoms with E-state index in [0.717, 1.165) is 10.2 Å². The molecule has 0 atom stereocenters. The number of fused-ring (bicyclic) bond motifs is 1. The first-order chi connectivity index (χ1) is 4.88. The Labute approximate surface area is 61.5 Å². The van der Waals surface area contributed by atoms with Gasteiger partial charge in [-0.2, -0.15) is 0 Å². The summed E-state index contributed by atoms with van der Waals surface area (Å²) < 4.78 is 1.09. The van der Waals surface area contributed by atoms with Crippen LogP contribution < -0.4 is 5.73 Å². The predicted molar refractivity (Wildman–Crippen MR) is 41.8 cm³/mol. The summed E-state index contributed by atoms with van der Waals surface area (Å²) in [4.78, 5) is 7.95. The van der Waals surface area contributed by atoms with Gasteiger partial charge in [0, 0.05) is 6.20 Å². The summed E-state index contributed by atoms with van der Waals surface area (Å²) in [6.45, 7) is 0. The summed E-state index contributed by atoms with van der Waals surface area (Å²) >= 11 is 1.57. The Morgan fingerprint density at radius 3 is 3.10 bits per heavy atom. The third-order valence-corrected chi connectivity index (χ3v) is 2.07. The molecule has 0 aliphatic heterocycles. The van der Waals surface area contributed by atoms with Gasteiger partial charge >= 0.3 is 0 Å². The van der Waals surface area contributed by atoms with Gasteiger partial charge in [-0.05, 0) is 6.07 Å². The predicted octanol–water partition coefficient (Wildman–Crippen LogP) is 1.27. The second kappa shape index (κ2) is 1.91. The summed E-state index contributed by atoms with van der Waals surface area (Å²) in [7, 11) is 0. The molecule has 10 heavy (non-hydrogen) atoms. The van der Waals surface area contributed by atoms with E-state index in [1.165, 1.54) is 0 Å². The SMILES string of the molecule is Nc1nccc2scnc12. The van der Waals surface area contributed by atoms with E-state index < -0.39 is 0 Å². The molecule has 0 aromatic carbocycles. The van der Waals surface area contributed by atoms with Gasteiger partial charge in [0.25, 0.3) is 0 Å². The van der Waals surface area contributed by atoms with Crippen molar-refractivity contribution < 1.29 is 0 Å². The lowest BCUT2D eigenvalue weighted by Gasteiger charge is -1.89. The summed E-state index contributed by atoms with van der Waals surface area (Å²) in [6.07, 6.45) is 1.69. The van der Waals surface area contributed by atoms with Gasteiger partial charge in [0.15, 0.2) is 5.82 Å². The van der Waals surface area contributed by atoms with Gasteiger partial charge < -0.3 is 5.73 Å². The van der Waals surface area contributed by atoms with Crippen molar-refractivity contribution in [1.29, 1.82) is 0 Å². The molecule has 3 nitrogen and oxygen atoms in total. The van der Waals surface area contributed by atoms with Crippen LogP contribution in [-0.4, -0.2) is 9.97 Å². The van der Waals surface area contributed by atoms with Gasteiger partial charge in [0.1, 0.15) is 5.52 Å². The lowest BCUT2D eigenvalue weighted by atomic mass is 10.4. The molecule has 0 bridgehead atoms. The number of aromatic nitrogens is 2. The van der Waals surface area contributed by atoms with E-state index in [2.05, 4.69) is 9.97 Å². The third kappa shape index (κ3) is 0.657. The van der Waals surface area contributed by atoms with Crippen molar-refractivity contribution in [3.8, 4) is 0 Å². The number of pyridine rings is 1. The molecule has 2 N–H and O–H groups in total. The zero-order valence-corrected chi connectivity index (χ0v) is 5.93. The van der Waals surface area contributed by atoms with Crippen molar-refractivity contribution in [2.75, 3.05) is 5.73 Å². The average Bonchev–Trinajstić information content (AvgIpc) is 2.36. The molecule has 0 fully saturated rings. The largest absolute Gasteiger partial charge is 0.382 e. The normalized spacial score (nSPS) is 10.4. The van der Waals surface area contributed by atoms with E-state index in [1.807, 2.05) is 6.07 Å². The van der Waals surface area contributed by atoms with E-state index in [9.17, 15) is 0 Å². The minimum atomic E-state index is 0.513. The zero-order chi connectivity index (χ0) is 6.97. The molecule has 2 rings (SSSR count). The Morgan fingerprint density at radius 1 is 1.40 bits per heavy atom. The summed E-state index contributed by atoms with van der Waals surface area (Å²) in [5, 5.41) is 0. The topological polar surface area (TPSA) is 51.8 Å². The van der Waals surface area contributed by atoms with Crippen molar-refractivity contribution in [2.45, 2.75) is 0 Å². The van der Waals surface area contributed by atoms with Crippen LogP contribution in [0.4, 0.5) is 5.82 Å². The molecule has 0 unspecified atom stereocenters. The number of nitrogens with two attached hydrogens (primary N) is 1. The van der Waals surface area contributed by atoms with E-state index in [4.69, 9.17) is 5.73 Å². The summed E-state index contributed by atoms with van der Waals surface area (Å²) in [5.41, 5.74) is 8.11. The van der Waals surface area contributed by atoms with Crippen molar-refractivity contribution in [1.82, 2.24) is 9.97 Å². The highest BCUT2D eigenvalue weighted by Crippen LogP contribution is 2.19. The van der Waals surface area contributed by atoms with Gasteiger partial charge in [0.2, 0.25) is 0 Å². The third-order valence-electron chi connectivity index (χ3n) is 1.28. The van der Waals surface area contributed by atoms with Crippen LogP contribution in [0.25, 0.3) is 10.2 Å². The van der Waals surface area contributed by atoms with Crippen molar-refractivity contribution in [3.05, 3.63) is 17.8 Å². The average molecular weight is 151 g/mol. The molecule has 0 radical (unpaired) electrons. The Balaban J connectivity index is 2.95. The van der Waals surface area contributed by atoms with Gasteiger partial charge in [-0.15, -0.1) is 11.3 Å². The first kappa shape index (κ1) is 5.61. The molecular weight excluding hydrogens is 146 g/mol. The summed E-state index contributed by atoms with van der Waals surface area (Å²) in [5.74, 6) is 0.513. The first-order valence-corrected chi connectivity index (χ1v) is 3.69. The summed E-state index contributed by atoms with van der Waals surface area (Å²) in [6, 6.07) is 1.91. The highest BCUT2D eigenvalue weighted by Gasteiger charge is 1.98. The maximum Gasteiger partial charge on any atom is 0.150 e. The van der Waals surface area contributed by atoms with Crippen LogP contribution >= 0.6 is 11.3 Å². The molecule has 4 heteroatoms. The van der Waals surface area contributed by atoms with Gasteiger partial charge in [-0.1, -0.05) is 0 Å². The van der Waals surface area contributed by atoms with Gasteiger partial charge in [-0.3, -0.25) is 0 Å². The van der Waals surface area contributed by atoms with E-state index in [0.29, 0.717) is 5.82 Å². The molecule has 2 aromatic heterocycles. The number of hydrogen-bond donors (Lipinski definition) is 1. The van der Waals surface area contributed by atoms with E-state index in [1.54, 1.807) is 23.0 Å². The molecule has 0 saturated carbocycles. The number of thiazole rings is 1. The monoisotopic (exact) mass is 151 g/mol. The number of hydrogen-bond acceptors (Lipinski definition) is 4. The molecule has 2 aromatic rings. The Bertz CT molecular complexity index is 355. The lowest BCUT2D eigenvalue weighted by Crippen LogP contribution is -1.88. The van der Waals surface area contributed by atoms with Crippen LogP contribution in [0.2, 0.25) is 0 Å². The maximum atomic E-state index is 5.53. The Morgan fingerprint density at radius 2 is 2.30 bits per heavy atom. The fourth-order valence-corrected chi connectivity index (χ4v) is 1.49. The molecule has 0 spiro atoms. The molecule has 0 aliphatic rings. The van der Waals surface area contributed by atoms with Crippen LogP contribution in [-0.2, 0) is 0 Å². The first-order valence-electron chi connectivity index (χ1n) is 2.81. The molecular formula is C6H5N3S. The lowest BCUT2D eigenvalue weighted by molar-refractivity contribution is 1.35. The van der Waals surface area contributed by atoms with Gasteiger partial charge in [-0.25, -0.2) is 9.97 Å². The quantitative estimate of drug-likeness (QED) is 0.617. The van der Waals surface area contributed by atoms with Crippen LogP contribution in [0, 0.1) is 0 Å². The highest BCUT2D eigenvalue weighted by atomic mass is 32.1. The number of rotatable bonds is 0. The smallest absolute Gasteiger partial charge is 0.150 e.